The maximum atomic E-state index is 12.4. The molecule has 3 saturated carbocycles. The molecule has 1 unspecified atom stereocenters. The Bertz CT molecular complexity index is 539. The third-order valence-corrected chi connectivity index (χ3v) is 7.84. The van der Waals surface area contributed by atoms with Gasteiger partial charge in [-0.1, -0.05) is 25.5 Å². The summed E-state index contributed by atoms with van der Waals surface area (Å²) >= 11 is 0. The number of carbonyl (C=O) groups excluding carboxylic acids is 1. The number of hydrogen-bond donors (Lipinski definition) is 2. The minimum absolute atomic E-state index is 0.0224. The molecule has 2 N–H and O–H groups in total. The normalized spacial score (nSPS) is 54.3. The third-order valence-electron chi connectivity index (χ3n) is 7.84. The fraction of sp³-hybridized carbons (Fsp3) is 0.842. The molecule has 3 fully saturated rings. The second kappa shape index (κ2) is 4.67. The first-order chi connectivity index (χ1) is 10.4. The Morgan fingerprint density at radius 2 is 1.82 bits per heavy atom. The third kappa shape index (κ3) is 1.78. The summed E-state index contributed by atoms with van der Waals surface area (Å²) in [5, 5.41) is 20.2. The van der Waals surface area contributed by atoms with Crippen LogP contribution in [-0.2, 0) is 4.79 Å². The lowest BCUT2D eigenvalue weighted by molar-refractivity contribution is -0.133. The summed E-state index contributed by atoms with van der Waals surface area (Å²) < 4.78 is 0. The summed E-state index contributed by atoms with van der Waals surface area (Å²) in [6.45, 7) is 4.49. The zero-order valence-electron chi connectivity index (χ0n) is 13.7. The Morgan fingerprint density at radius 3 is 2.59 bits per heavy atom. The van der Waals surface area contributed by atoms with Crippen LogP contribution < -0.4 is 0 Å². The number of Topliss-reactive ketones (excluding diaryl/α,β-unsaturated/α-hetero) is 1. The Kier molecular flexibility index (Phi) is 3.16. The van der Waals surface area contributed by atoms with E-state index in [-0.39, 0.29) is 10.8 Å². The van der Waals surface area contributed by atoms with Gasteiger partial charge in [0.25, 0.3) is 0 Å². The molecule has 3 heteroatoms. The van der Waals surface area contributed by atoms with Crippen LogP contribution in [0.15, 0.2) is 11.6 Å². The number of aliphatic hydroxyl groups excluding tert-OH is 2. The smallest absolute Gasteiger partial charge is 0.139 e. The predicted molar refractivity (Wildman–Crippen MR) is 84.1 cm³/mol. The molecule has 0 aromatic rings. The first-order valence-electron chi connectivity index (χ1n) is 8.95. The van der Waals surface area contributed by atoms with E-state index in [1.165, 1.54) is 5.57 Å². The number of allylic oxidation sites excluding steroid dienone is 1. The van der Waals surface area contributed by atoms with E-state index in [1.54, 1.807) is 0 Å². The molecular formula is C19H28O3. The lowest BCUT2D eigenvalue weighted by Crippen LogP contribution is -2.53. The second-order valence-electron chi connectivity index (χ2n) is 8.72. The molecule has 122 valence electrons. The summed E-state index contributed by atoms with van der Waals surface area (Å²) in [6.07, 6.45) is 7.44. The van der Waals surface area contributed by atoms with Gasteiger partial charge in [-0.05, 0) is 61.7 Å². The Hall–Kier alpha value is -0.670. The quantitative estimate of drug-likeness (QED) is 0.677. The first kappa shape index (κ1) is 14.9. The fourth-order valence-electron chi connectivity index (χ4n) is 6.46. The molecule has 0 amide bonds. The maximum absolute atomic E-state index is 12.4. The summed E-state index contributed by atoms with van der Waals surface area (Å²) in [5.41, 5.74) is 1.30. The molecule has 22 heavy (non-hydrogen) atoms. The molecule has 4 aliphatic carbocycles. The number of rotatable bonds is 0. The topological polar surface area (TPSA) is 57.5 Å². The fourth-order valence-corrected chi connectivity index (χ4v) is 6.46. The maximum Gasteiger partial charge on any atom is 0.139 e. The van der Waals surface area contributed by atoms with Crippen molar-refractivity contribution in [2.45, 2.75) is 71.0 Å². The molecule has 0 radical (unpaired) electrons. The number of aliphatic hydroxyl groups is 2. The molecule has 3 nitrogen and oxygen atoms in total. The lowest BCUT2D eigenvalue weighted by Gasteiger charge is -2.57. The van der Waals surface area contributed by atoms with Crippen LogP contribution in [0, 0.1) is 28.6 Å². The van der Waals surface area contributed by atoms with Crippen LogP contribution in [0.5, 0.6) is 0 Å². The van der Waals surface area contributed by atoms with Crippen molar-refractivity contribution in [3.05, 3.63) is 11.6 Å². The van der Waals surface area contributed by atoms with Gasteiger partial charge < -0.3 is 10.2 Å². The van der Waals surface area contributed by atoms with Crippen molar-refractivity contribution in [2.75, 3.05) is 0 Å². The first-order valence-corrected chi connectivity index (χ1v) is 8.95. The molecule has 4 rings (SSSR count). The van der Waals surface area contributed by atoms with Gasteiger partial charge in [0.2, 0.25) is 0 Å². The van der Waals surface area contributed by atoms with Gasteiger partial charge in [0.15, 0.2) is 0 Å². The summed E-state index contributed by atoms with van der Waals surface area (Å²) in [5.74, 6) is 2.16. The van der Waals surface area contributed by atoms with E-state index in [2.05, 4.69) is 19.9 Å². The minimum atomic E-state index is -0.599. The standard InChI is InChI=1S/C19H28O3/c1-18-8-7-14-12(13(18)5-6-17(18)22)4-3-11-9-15(20)16(21)10-19(11,14)2/h3,12-16,20-21H,4-10H2,1-2H3/t12-,13-,14-,15+,16?,18-,19-/m0/s1. The highest BCUT2D eigenvalue weighted by Gasteiger charge is 2.59. The van der Waals surface area contributed by atoms with E-state index >= 15 is 0 Å². The van der Waals surface area contributed by atoms with E-state index in [9.17, 15) is 15.0 Å². The van der Waals surface area contributed by atoms with E-state index in [4.69, 9.17) is 0 Å². The van der Waals surface area contributed by atoms with E-state index in [0.717, 1.165) is 32.1 Å². The van der Waals surface area contributed by atoms with Gasteiger partial charge in [-0.15, -0.1) is 0 Å². The molecule has 0 heterocycles. The zero-order chi connectivity index (χ0) is 15.7. The van der Waals surface area contributed by atoms with Crippen molar-refractivity contribution in [3.63, 3.8) is 0 Å². The Balaban J connectivity index is 1.70. The molecule has 0 aliphatic heterocycles. The van der Waals surface area contributed by atoms with Crippen molar-refractivity contribution in [1.82, 2.24) is 0 Å². The highest BCUT2D eigenvalue weighted by Crippen LogP contribution is 2.63. The predicted octanol–water partition coefficient (Wildman–Crippen LogP) is 2.85. The lowest BCUT2D eigenvalue weighted by atomic mass is 9.48. The number of fused-ring (bicyclic) bond motifs is 5. The van der Waals surface area contributed by atoms with Crippen molar-refractivity contribution < 1.29 is 15.0 Å². The van der Waals surface area contributed by atoms with Crippen LogP contribution in [0.4, 0.5) is 0 Å². The van der Waals surface area contributed by atoms with Crippen molar-refractivity contribution in [3.8, 4) is 0 Å². The van der Waals surface area contributed by atoms with Gasteiger partial charge in [0.1, 0.15) is 5.78 Å². The molecule has 0 saturated heterocycles. The van der Waals surface area contributed by atoms with E-state index in [1.807, 2.05) is 0 Å². The molecule has 0 aromatic heterocycles. The SMILES string of the molecule is C[C@]12CC(O)[C@H](O)CC1=CC[C@@H]1[C@@H]2CC[C@]2(C)C(=O)CC[C@@H]12. The van der Waals surface area contributed by atoms with Gasteiger partial charge in [-0.3, -0.25) is 4.79 Å². The van der Waals surface area contributed by atoms with Crippen LogP contribution in [0.2, 0.25) is 0 Å². The van der Waals surface area contributed by atoms with Gasteiger partial charge >= 0.3 is 0 Å². The average Bonchev–Trinajstić information content (AvgIpc) is 2.77. The van der Waals surface area contributed by atoms with Crippen LogP contribution in [0.25, 0.3) is 0 Å². The van der Waals surface area contributed by atoms with Crippen LogP contribution in [0.1, 0.15) is 58.8 Å². The number of carbonyl (C=O) groups is 1. The van der Waals surface area contributed by atoms with Crippen molar-refractivity contribution in [2.24, 2.45) is 28.6 Å². The molecular weight excluding hydrogens is 276 g/mol. The summed E-state index contributed by atoms with van der Waals surface area (Å²) in [4.78, 5) is 12.4. The van der Waals surface area contributed by atoms with Gasteiger partial charge in [-0.25, -0.2) is 0 Å². The summed E-state index contributed by atoms with van der Waals surface area (Å²) in [7, 11) is 0. The Labute approximate surface area is 132 Å². The number of ketones is 1. The van der Waals surface area contributed by atoms with Gasteiger partial charge in [-0.2, -0.15) is 0 Å². The van der Waals surface area contributed by atoms with Crippen molar-refractivity contribution >= 4 is 5.78 Å². The average molecular weight is 304 g/mol. The van der Waals surface area contributed by atoms with Gasteiger partial charge in [0, 0.05) is 11.8 Å². The molecule has 0 spiro atoms. The minimum Gasteiger partial charge on any atom is -0.390 e. The molecule has 0 aromatic carbocycles. The van der Waals surface area contributed by atoms with Crippen LogP contribution in [-0.4, -0.2) is 28.2 Å². The van der Waals surface area contributed by atoms with Crippen molar-refractivity contribution in [1.29, 1.82) is 0 Å². The largest absolute Gasteiger partial charge is 0.390 e. The van der Waals surface area contributed by atoms with Gasteiger partial charge in [0.05, 0.1) is 12.2 Å². The van der Waals surface area contributed by atoms with Crippen LogP contribution >= 0.6 is 0 Å². The highest BCUT2D eigenvalue weighted by molar-refractivity contribution is 5.87. The monoisotopic (exact) mass is 304 g/mol. The molecule has 7 atom stereocenters. The second-order valence-corrected chi connectivity index (χ2v) is 8.72. The Morgan fingerprint density at radius 1 is 1.09 bits per heavy atom. The van der Waals surface area contributed by atoms with E-state index < -0.39 is 12.2 Å². The van der Waals surface area contributed by atoms with E-state index in [0.29, 0.717) is 36.4 Å². The highest BCUT2D eigenvalue weighted by atomic mass is 16.3. The molecule has 0 bridgehead atoms. The summed E-state index contributed by atoms with van der Waals surface area (Å²) in [6, 6.07) is 0. The molecule has 4 aliphatic rings. The zero-order valence-corrected chi connectivity index (χ0v) is 13.7. The number of hydrogen-bond acceptors (Lipinski definition) is 3. The van der Waals surface area contributed by atoms with Crippen LogP contribution in [0.3, 0.4) is 0 Å².